The van der Waals surface area contributed by atoms with Crippen molar-refractivity contribution in [1.82, 2.24) is 0 Å². The topological polar surface area (TPSA) is 26.3 Å². The Hall–Kier alpha value is 0.260. The van der Waals surface area contributed by atoms with E-state index >= 15 is 0 Å². The summed E-state index contributed by atoms with van der Waals surface area (Å²) in [5.74, 6) is 0.0989. The summed E-state index contributed by atoms with van der Waals surface area (Å²) in [7, 11) is 0. The molecule has 0 heterocycles. The molecule has 1 unspecified atom stereocenters. The summed E-state index contributed by atoms with van der Waals surface area (Å²) in [6.07, 6.45) is 0. The molecule has 0 aromatic heterocycles. The quantitative estimate of drug-likeness (QED) is 0.562. The van der Waals surface area contributed by atoms with Gasteiger partial charge in [0.05, 0.1) is 0 Å². The third-order valence-corrected chi connectivity index (χ3v) is 3.48. The molecule has 0 fully saturated rings. The molecule has 0 bridgehead atoms. The molecule has 1 atom stereocenters. The molecule has 0 rings (SSSR count). The molecule has 0 radical (unpaired) electrons. The molecule has 0 amide bonds. The fourth-order valence-corrected chi connectivity index (χ4v) is 2.42. The second-order valence-electron chi connectivity index (χ2n) is 2.11. The molecular formula is C7H14O2Te. The minimum absolute atomic E-state index is 0.0329. The molecule has 0 aliphatic rings. The Kier molecular flexibility index (Phi) is 6.16. The number of esters is 1. The molecule has 0 saturated carbocycles. The van der Waals surface area contributed by atoms with Crippen LogP contribution in [0.4, 0.5) is 0 Å². The molecule has 60 valence electrons. The molecule has 0 aromatic rings. The van der Waals surface area contributed by atoms with Crippen molar-refractivity contribution >= 4 is 26.9 Å². The molecule has 0 N–H and O–H groups in total. The van der Waals surface area contributed by atoms with Crippen LogP contribution in [0.2, 0.25) is 9.44 Å². The maximum absolute atomic E-state index is 10.9. The normalized spacial score (nSPS) is 12.7. The zero-order valence-electron chi connectivity index (χ0n) is 6.72. The fourth-order valence-electron chi connectivity index (χ4n) is 0.603. The van der Waals surface area contributed by atoms with E-state index in [1.165, 1.54) is 0 Å². The van der Waals surface area contributed by atoms with E-state index in [4.69, 9.17) is 4.74 Å². The first-order valence-corrected chi connectivity index (χ1v) is 7.35. The van der Waals surface area contributed by atoms with Gasteiger partial charge in [-0.1, -0.05) is 0 Å². The molecule has 10 heavy (non-hydrogen) atoms. The summed E-state index contributed by atoms with van der Waals surface area (Å²) in [6, 6.07) is 0. The predicted octanol–water partition coefficient (Wildman–Crippen LogP) is 1.36. The molecule has 2 nitrogen and oxygen atoms in total. The van der Waals surface area contributed by atoms with Crippen LogP contribution in [0, 0.1) is 5.92 Å². The molecule has 0 aliphatic heterocycles. The van der Waals surface area contributed by atoms with E-state index < -0.39 is 0 Å². The van der Waals surface area contributed by atoms with E-state index in [1.807, 2.05) is 13.8 Å². The first kappa shape index (κ1) is 10.3. The van der Waals surface area contributed by atoms with Crippen molar-refractivity contribution in [3.8, 4) is 0 Å². The van der Waals surface area contributed by atoms with Crippen LogP contribution < -0.4 is 0 Å². The van der Waals surface area contributed by atoms with Crippen LogP contribution in [0.15, 0.2) is 0 Å². The second kappa shape index (κ2) is 6.00. The van der Waals surface area contributed by atoms with Gasteiger partial charge in [-0.15, -0.1) is 0 Å². The molecule has 0 saturated heterocycles. The van der Waals surface area contributed by atoms with Crippen molar-refractivity contribution in [2.24, 2.45) is 5.92 Å². The summed E-state index contributed by atoms with van der Waals surface area (Å²) in [5, 5.41) is 0. The van der Waals surface area contributed by atoms with Gasteiger partial charge in [0.1, 0.15) is 0 Å². The Morgan fingerprint density at radius 1 is 1.70 bits per heavy atom. The number of carbonyl (C=O) groups excluding carboxylic acids is 1. The van der Waals surface area contributed by atoms with Gasteiger partial charge in [-0.25, -0.2) is 0 Å². The second-order valence-corrected chi connectivity index (χ2v) is 4.71. The number of carbonyl (C=O) groups is 1. The number of rotatable bonds is 4. The Morgan fingerprint density at radius 3 is 2.70 bits per heavy atom. The fraction of sp³-hybridized carbons (Fsp3) is 0.857. The third kappa shape index (κ3) is 4.14. The average Bonchev–Trinajstić information content (AvgIpc) is 1.89. The predicted molar refractivity (Wildman–Crippen MR) is 42.2 cm³/mol. The van der Waals surface area contributed by atoms with E-state index in [0.717, 1.165) is 4.47 Å². The average molecular weight is 258 g/mol. The first-order chi connectivity index (χ1) is 4.72. The first-order valence-electron chi connectivity index (χ1n) is 3.38. The summed E-state index contributed by atoms with van der Waals surface area (Å²) in [4.78, 5) is 13.1. The van der Waals surface area contributed by atoms with Gasteiger partial charge in [-0.2, -0.15) is 0 Å². The number of ether oxygens (including phenoxy) is 1. The third-order valence-electron chi connectivity index (χ3n) is 1.11. The summed E-state index contributed by atoms with van der Waals surface area (Å²) < 4.78 is 5.90. The molecule has 3 heteroatoms. The van der Waals surface area contributed by atoms with E-state index in [0.29, 0.717) is 6.61 Å². The van der Waals surface area contributed by atoms with Crippen LogP contribution in [0.5, 0.6) is 0 Å². The zero-order valence-corrected chi connectivity index (χ0v) is 9.05. The summed E-state index contributed by atoms with van der Waals surface area (Å²) >= 11 is 0.0722. The van der Waals surface area contributed by atoms with Gasteiger partial charge in [0.25, 0.3) is 0 Å². The molecule has 0 aromatic carbocycles. The van der Waals surface area contributed by atoms with Crippen molar-refractivity contribution in [2.45, 2.75) is 23.3 Å². The van der Waals surface area contributed by atoms with Gasteiger partial charge >= 0.3 is 72.2 Å². The standard InChI is InChI=1S/C7H14O2Te/c1-4-9-7(8)6(2)5-10-3/h6H,4-5H2,1-3H3. The van der Waals surface area contributed by atoms with E-state index in [9.17, 15) is 4.79 Å². The van der Waals surface area contributed by atoms with Crippen LogP contribution in [0.25, 0.3) is 0 Å². The molecule has 0 aliphatic carbocycles. The SMILES string of the molecule is CCOC(=O)C(C)C[Te]C. The number of hydrogen-bond donors (Lipinski definition) is 0. The van der Waals surface area contributed by atoms with Crippen LogP contribution in [0.1, 0.15) is 13.8 Å². The monoisotopic (exact) mass is 260 g/mol. The number of hydrogen-bond acceptors (Lipinski definition) is 2. The Bertz CT molecular complexity index is 104. The van der Waals surface area contributed by atoms with E-state index in [-0.39, 0.29) is 32.8 Å². The molecule has 0 spiro atoms. The van der Waals surface area contributed by atoms with Gasteiger partial charge in [-0.05, 0) is 0 Å². The van der Waals surface area contributed by atoms with Crippen LogP contribution in [-0.2, 0) is 9.53 Å². The Balaban J connectivity index is 3.49. The summed E-state index contributed by atoms with van der Waals surface area (Å²) in [6.45, 7) is 4.28. The van der Waals surface area contributed by atoms with Gasteiger partial charge in [0, 0.05) is 0 Å². The van der Waals surface area contributed by atoms with Gasteiger partial charge in [0.15, 0.2) is 0 Å². The van der Waals surface area contributed by atoms with Crippen molar-refractivity contribution in [3.63, 3.8) is 0 Å². The summed E-state index contributed by atoms with van der Waals surface area (Å²) in [5.41, 5.74) is 0. The van der Waals surface area contributed by atoms with Crippen LogP contribution in [0.3, 0.4) is 0 Å². The molecular weight excluding hydrogens is 244 g/mol. The Morgan fingerprint density at radius 2 is 2.30 bits per heavy atom. The zero-order chi connectivity index (χ0) is 7.98. The van der Waals surface area contributed by atoms with Crippen molar-refractivity contribution in [3.05, 3.63) is 0 Å². The van der Waals surface area contributed by atoms with Crippen LogP contribution >= 0.6 is 0 Å². The van der Waals surface area contributed by atoms with Gasteiger partial charge in [0.2, 0.25) is 0 Å². The van der Waals surface area contributed by atoms with Gasteiger partial charge in [-0.3, -0.25) is 0 Å². The van der Waals surface area contributed by atoms with Crippen molar-refractivity contribution in [1.29, 1.82) is 0 Å². The van der Waals surface area contributed by atoms with Crippen molar-refractivity contribution in [2.75, 3.05) is 6.61 Å². The van der Waals surface area contributed by atoms with Crippen molar-refractivity contribution < 1.29 is 9.53 Å². The maximum atomic E-state index is 10.9. The van der Waals surface area contributed by atoms with Gasteiger partial charge < -0.3 is 0 Å². The minimum atomic E-state index is -0.0329. The van der Waals surface area contributed by atoms with E-state index in [2.05, 4.69) is 4.97 Å². The van der Waals surface area contributed by atoms with E-state index in [1.54, 1.807) is 0 Å². The Labute approximate surface area is 72.4 Å². The van der Waals surface area contributed by atoms with Crippen LogP contribution in [-0.4, -0.2) is 33.5 Å².